The molecule has 2 N–H and O–H groups in total. The highest BCUT2D eigenvalue weighted by Gasteiger charge is 2.15. The summed E-state index contributed by atoms with van der Waals surface area (Å²) in [5.41, 5.74) is 1.32. The Morgan fingerprint density at radius 2 is 1.62 bits per heavy atom. The molecule has 2 aromatic rings. The van der Waals surface area contributed by atoms with Crippen LogP contribution in [-0.2, 0) is 19.9 Å². The lowest BCUT2D eigenvalue weighted by atomic mass is 10.1. The minimum absolute atomic E-state index is 0.0668. The topological polar surface area (TPSA) is 109 Å². The largest absolute Gasteiger partial charge is 0.346 e. The number of sulfone groups is 1. The van der Waals surface area contributed by atoms with Gasteiger partial charge in [-0.05, 0) is 42.8 Å². The molecule has 0 bridgehead atoms. The molecule has 2 aromatic carbocycles. The zero-order valence-corrected chi connectivity index (χ0v) is 16.2. The third-order valence-electron chi connectivity index (χ3n) is 3.56. The summed E-state index contributed by atoms with van der Waals surface area (Å²) in [7, 11) is -6.81. The van der Waals surface area contributed by atoms with Gasteiger partial charge in [0.1, 0.15) is 0 Å². The Balaban J connectivity index is 2.18. The van der Waals surface area contributed by atoms with Crippen molar-refractivity contribution in [3.8, 4) is 0 Å². The number of hydrogen-bond donors (Lipinski definition) is 2. The maximum Gasteiger partial charge on any atom is 0.251 e. The van der Waals surface area contributed by atoms with Gasteiger partial charge in [-0.1, -0.05) is 18.2 Å². The maximum absolute atomic E-state index is 12.4. The van der Waals surface area contributed by atoms with Gasteiger partial charge in [-0.3, -0.25) is 9.52 Å². The van der Waals surface area contributed by atoms with E-state index < -0.39 is 31.8 Å². The molecular formula is C17H20N2O5S2. The van der Waals surface area contributed by atoms with Crippen molar-refractivity contribution in [1.82, 2.24) is 5.32 Å². The molecule has 7 nitrogen and oxygen atoms in total. The van der Waals surface area contributed by atoms with Crippen LogP contribution in [0.3, 0.4) is 0 Å². The summed E-state index contributed by atoms with van der Waals surface area (Å²) in [5.74, 6) is -0.426. The number of carbonyl (C=O) groups excluding carboxylic acids is 1. The summed E-state index contributed by atoms with van der Waals surface area (Å²) in [6, 6.07) is 12.0. The molecule has 0 aliphatic carbocycles. The highest BCUT2D eigenvalue weighted by molar-refractivity contribution is 7.92. The normalized spacial score (nSPS) is 13.0. The molecule has 140 valence electrons. The summed E-state index contributed by atoms with van der Waals surface area (Å²) in [6.07, 6.45) is 2.13. The number of hydrogen-bond acceptors (Lipinski definition) is 5. The quantitative estimate of drug-likeness (QED) is 0.776. The standard InChI is InChI=1S/C17H20N2O5S2/c1-12(13-6-4-8-15(10-13)19-26(3,23)24)18-17(20)14-7-5-9-16(11-14)25(2,21)22/h4-12,19H,1-3H3,(H,18,20). The van der Waals surface area contributed by atoms with E-state index in [1.165, 1.54) is 24.3 Å². The first-order valence-electron chi connectivity index (χ1n) is 7.64. The van der Waals surface area contributed by atoms with Gasteiger partial charge in [-0.25, -0.2) is 16.8 Å². The molecule has 1 atom stereocenters. The highest BCUT2D eigenvalue weighted by atomic mass is 32.2. The van der Waals surface area contributed by atoms with Crippen LogP contribution in [0, 0.1) is 0 Å². The molecule has 9 heteroatoms. The summed E-state index contributed by atoms with van der Waals surface area (Å²) >= 11 is 0. The molecule has 0 saturated heterocycles. The predicted molar refractivity (Wildman–Crippen MR) is 100 cm³/mol. The Kier molecular flexibility index (Phi) is 5.72. The van der Waals surface area contributed by atoms with Gasteiger partial charge in [-0.2, -0.15) is 0 Å². The number of carbonyl (C=O) groups is 1. The second-order valence-corrected chi connectivity index (χ2v) is 9.76. The number of benzene rings is 2. The zero-order chi connectivity index (χ0) is 19.5. The fourth-order valence-electron chi connectivity index (χ4n) is 2.32. The van der Waals surface area contributed by atoms with Crippen molar-refractivity contribution in [2.45, 2.75) is 17.9 Å². The minimum Gasteiger partial charge on any atom is -0.346 e. The van der Waals surface area contributed by atoms with Crippen molar-refractivity contribution in [3.63, 3.8) is 0 Å². The van der Waals surface area contributed by atoms with Crippen LogP contribution in [-0.4, -0.2) is 35.3 Å². The van der Waals surface area contributed by atoms with Crippen molar-refractivity contribution in [2.24, 2.45) is 0 Å². The highest BCUT2D eigenvalue weighted by Crippen LogP contribution is 2.19. The Hall–Kier alpha value is -2.39. The van der Waals surface area contributed by atoms with E-state index in [4.69, 9.17) is 0 Å². The van der Waals surface area contributed by atoms with Crippen molar-refractivity contribution in [1.29, 1.82) is 0 Å². The number of anilines is 1. The van der Waals surface area contributed by atoms with E-state index >= 15 is 0 Å². The molecule has 0 heterocycles. The van der Waals surface area contributed by atoms with Crippen molar-refractivity contribution >= 4 is 31.5 Å². The average molecular weight is 396 g/mol. The van der Waals surface area contributed by atoms with E-state index in [1.807, 2.05) is 0 Å². The number of rotatable bonds is 6. The lowest BCUT2D eigenvalue weighted by molar-refractivity contribution is 0.0939. The molecule has 1 amide bonds. The fourth-order valence-corrected chi connectivity index (χ4v) is 3.54. The minimum atomic E-state index is -3.41. The smallest absolute Gasteiger partial charge is 0.251 e. The zero-order valence-electron chi connectivity index (χ0n) is 14.6. The van der Waals surface area contributed by atoms with Gasteiger partial charge in [0.05, 0.1) is 17.2 Å². The van der Waals surface area contributed by atoms with E-state index in [9.17, 15) is 21.6 Å². The Labute approximate surface area is 153 Å². The third-order valence-corrected chi connectivity index (χ3v) is 5.28. The van der Waals surface area contributed by atoms with Crippen LogP contribution < -0.4 is 10.0 Å². The molecule has 0 saturated carbocycles. The van der Waals surface area contributed by atoms with Gasteiger partial charge in [0.15, 0.2) is 9.84 Å². The lowest BCUT2D eigenvalue weighted by Gasteiger charge is -2.16. The number of amides is 1. The molecule has 0 fully saturated rings. The average Bonchev–Trinajstić information content (AvgIpc) is 2.52. The number of nitrogens with one attached hydrogen (secondary N) is 2. The maximum atomic E-state index is 12.4. The monoisotopic (exact) mass is 396 g/mol. The summed E-state index contributed by atoms with van der Waals surface area (Å²) in [4.78, 5) is 12.5. The molecular weight excluding hydrogens is 376 g/mol. The van der Waals surface area contributed by atoms with E-state index in [0.717, 1.165) is 12.5 Å². The van der Waals surface area contributed by atoms with Crippen LogP contribution in [0.25, 0.3) is 0 Å². The Bertz CT molecular complexity index is 1030. The lowest BCUT2D eigenvalue weighted by Crippen LogP contribution is -2.26. The summed E-state index contributed by atoms with van der Waals surface area (Å²) in [5, 5.41) is 2.77. The van der Waals surface area contributed by atoms with Crippen LogP contribution in [0.2, 0.25) is 0 Å². The van der Waals surface area contributed by atoms with Crippen molar-refractivity contribution in [3.05, 3.63) is 59.7 Å². The molecule has 0 aliphatic rings. The summed E-state index contributed by atoms with van der Waals surface area (Å²) < 4.78 is 48.3. The van der Waals surface area contributed by atoms with Crippen molar-refractivity contribution < 1.29 is 21.6 Å². The second-order valence-electron chi connectivity index (χ2n) is 5.99. The SMILES string of the molecule is CC(NC(=O)c1cccc(S(C)(=O)=O)c1)c1cccc(NS(C)(=O)=O)c1. The van der Waals surface area contributed by atoms with E-state index in [0.29, 0.717) is 11.3 Å². The third kappa shape index (κ3) is 5.57. The first-order chi connectivity index (χ1) is 12.0. The molecule has 0 spiro atoms. The summed E-state index contributed by atoms with van der Waals surface area (Å²) in [6.45, 7) is 1.75. The van der Waals surface area contributed by atoms with Gasteiger partial charge in [0.25, 0.3) is 5.91 Å². The second kappa shape index (κ2) is 7.46. The van der Waals surface area contributed by atoms with Crippen molar-refractivity contribution in [2.75, 3.05) is 17.2 Å². The van der Waals surface area contributed by atoms with Crippen LogP contribution in [0.15, 0.2) is 53.4 Å². The van der Waals surface area contributed by atoms with Crippen LogP contribution >= 0.6 is 0 Å². The molecule has 26 heavy (non-hydrogen) atoms. The van der Waals surface area contributed by atoms with Crippen LogP contribution in [0.1, 0.15) is 28.9 Å². The first kappa shape index (κ1) is 19.9. The van der Waals surface area contributed by atoms with Gasteiger partial charge < -0.3 is 5.32 Å². The van der Waals surface area contributed by atoms with E-state index in [-0.39, 0.29) is 10.5 Å². The first-order valence-corrected chi connectivity index (χ1v) is 11.4. The molecule has 0 aromatic heterocycles. The number of sulfonamides is 1. The molecule has 0 radical (unpaired) electrons. The molecule has 1 unspecified atom stereocenters. The Morgan fingerprint density at radius 1 is 0.962 bits per heavy atom. The fraction of sp³-hybridized carbons (Fsp3) is 0.235. The van der Waals surface area contributed by atoms with E-state index in [1.54, 1.807) is 31.2 Å². The van der Waals surface area contributed by atoms with Crippen LogP contribution in [0.5, 0.6) is 0 Å². The van der Waals surface area contributed by atoms with E-state index in [2.05, 4.69) is 10.0 Å². The van der Waals surface area contributed by atoms with Gasteiger partial charge >= 0.3 is 0 Å². The van der Waals surface area contributed by atoms with Gasteiger partial charge in [0, 0.05) is 17.5 Å². The molecule has 2 rings (SSSR count). The van der Waals surface area contributed by atoms with Crippen LogP contribution in [0.4, 0.5) is 5.69 Å². The predicted octanol–water partition coefficient (Wildman–Crippen LogP) is 1.95. The molecule has 0 aliphatic heterocycles. The van der Waals surface area contributed by atoms with Gasteiger partial charge in [0.2, 0.25) is 10.0 Å². The Morgan fingerprint density at radius 3 is 2.23 bits per heavy atom. The van der Waals surface area contributed by atoms with Gasteiger partial charge in [-0.15, -0.1) is 0 Å².